The summed E-state index contributed by atoms with van der Waals surface area (Å²) < 4.78 is 67.8. The second-order valence-corrected chi connectivity index (χ2v) is 14.5. The molecule has 1 aliphatic heterocycles. The van der Waals surface area contributed by atoms with Gasteiger partial charge in [-0.05, 0) is 55.5 Å². The predicted octanol–water partition coefficient (Wildman–Crippen LogP) is 6.40. The summed E-state index contributed by atoms with van der Waals surface area (Å²) in [6.07, 6.45) is -2.12. The lowest BCUT2D eigenvalue weighted by Gasteiger charge is -2.36. The third-order valence-electron chi connectivity index (χ3n) is 7.53. The van der Waals surface area contributed by atoms with Crippen LogP contribution >= 0.6 is 22.9 Å². The molecule has 0 spiro atoms. The number of primary amides is 1. The van der Waals surface area contributed by atoms with E-state index in [9.17, 15) is 26.4 Å². The fourth-order valence-electron chi connectivity index (χ4n) is 5.46. The number of carbonyl (C=O) groups is 1. The number of amides is 1. The van der Waals surface area contributed by atoms with E-state index in [0.717, 1.165) is 29.2 Å². The molecule has 3 aromatic heterocycles. The van der Waals surface area contributed by atoms with Gasteiger partial charge in [0.25, 0.3) is 5.91 Å². The minimum atomic E-state index is -4.51. The summed E-state index contributed by atoms with van der Waals surface area (Å²) in [5, 5.41) is 3.27. The normalized spacial score (nSPS) is 19.7. The number of nitrogens with two attached hydrogens (primary N) is 1. The Hall–Kier alpha value is -3.52. The molecule has 3 N–H and O–H groups in total. The Morgan fingerprint density at radius 1 is 1.16 bits per heavy atom. The van der Waals surface area contributed by atoms with Gasteiger partial charge in [0.15, 0.2) is 10.3 Å². The fraction of sp³-hybridized carbons (Fsp3) is 0.276. The Morgan fingerprint density at radius 2 is 1.91 bits per heavy atom. The first kappa shape index (κ1) is 30.9. The molecular weight excluding hydrogens is 623 g/mol. The highest BCUT2D eigenvalue weighted by atomic mass is 35.5. The summed E-state index contributed by atoms with van der Waals surface area (Å²) in [7, 11) is -4.16. The summed E-state index contributed by atoms with van der Waals surface area (Å²) in [4.78, 5) is 21.7. The van der Waals surface area contributed by atoms with Crippen molar-refractivity contribution >= 4 is 44.7 Å². The minimum Gasteiger partial charge on any atom is -0.364 e. The monoisotopic (exact) mass is 650 g/mol. The summed E-state index contributed by atoms with van der Waals surface area (Å²) in [6.45, 7) is 1.88. The highest BCUT2D eigenvalue weighted by molar-refractivity contribution is 7.88. The molecule has 8 nitrogen and oxygen atoms in total. The smallest absolute Gasteiger partial charge is 0.364 e. The number of quaternary nitrogens is 1. The van der Waals surface area contributed by atoms with Crippen LogP contribution in [0.5, 0.6) is 0 Å². The van der Waals surface area contributed by atoms with Crippen molar-refractivity contribution < 1.29 is 30.3 Å². The lowest BCUT2D eigenvalue weighted by molar-refractivity contribution is -0.823. The van der Waals surface area contributed by atoms with Gasteiger partial charge in [-0.15, -0.1) is 11.3 Å². The molecule has 0 aliphatic carbocycles. The maximum atomic E-state index is 14.2. The van der Waals surface area contributed by atoms with E-state index in [1.165, 1.54) is 24.3 Å². The van der Waals surface area contributed by atoms with Crippen LogP contribution in [0.15, 0.2) is 77.1 Å². The molecule has 1 aliphatic rings. The summed E-state index contributed by atoms with van der Waals surface area (Å²) in [5.74, 6) is -0.377. The molecule has 1 aromatic carbocycles. The Bertz CT molecular complexity index is 1730. The zero-order chi connectivity index (χ0) is 31.0. The standard InChI is InChI=1S/C29H27ClF3N5O3S2/c1-18(22-5-2-3-13-35-22)36-26-16-19(15-23(37-26)20-7-9-21(10-8-20)29(31,32)33)17-38(14-4-6-24(38)28(34)39)43(40,41)27-12-11-25(30)42-27/h2-3,5,7-13,15-16,18,24H,4,6,14,17H2,1H3,(H2-,34,36,37,39)/p+1/t18?,24-,38?/m0/s1. The molecule has 43 heavy (non-hydrogen) atoms. The maximum absolute atomic E-state index is 14.2. The molecule has 226 valence electrons. The van der Waals surface area contributed by atoms with E-state index < -0.39 is 37.6 Å². The number of aromatic nitrogens is 2. The quantitative estimate of drug-likeness (QED) is 0.203. The van der Waals surface area contributed by atoms with Crippen molar-refractivity contribution in [3.8, 4) is 11.3 Å². The first-order valence-electron chi connectivity index (χ1n) is 13.3. The molecule has 3 atom stereocenters. The molecule has 1 fully saturated rings. The van der Waals surface area contributed by atoms with Crippen LogP contribution in [-0.2, 0) is 27.5 Å². The van der Waals surface area contributed by atoms with Gasteiger partial charge in [-0.25, -0.2) is 4.98 Å². The average Bonchev–Trinajstić information content (AvgIpc) is 3.61. The second-order valence-electron chi connectivity index (χ2n) is 10.4. The molecule has 4 aromatic rings. The molecular formula is C29H28ClF3N5O3S2+. The third-order valence-corrected chi connectivity index (χ3v) is 11.6. The van der Waals surface area contributed by atoms with E-state index in [-0.39, 0.29) is 34.1 Å². The lowest BCUT2D eigenvalue weighted by Crippen LogP contribution is -2.59. The lowest BCUT2D eigenvalue weighted by atomic mass is 10.1. The van der Waals surface area contributed by atoms with Crippen LogP contribution < -0.4 is 11.1 Å². The molecule has 2 unspecified atom stereocenters. The number of sulfonamides is 1. The maximum Gasteiger partial charge on any atom is 0.416 e. The SMILES string of the molecule is CC(Nc1cc(C[N+]2(S(=O)(=O)c3ccc(Cl)s3)CCC[C@H]2C(N)=O)cc(-c2ccc(C(F)(F)F)cc2)n1)c1ccccn1. The molecule has 5 rings (SSSR count). The minimum absolute atomic E-state index is 0.0183. The van der Waals surface area contributed by atoms with E-state index in [2.05, 4.69) is 15.3 Å². The van der Waals surface area contributed by atoms with Gasteiger partial charge in [-0.3, -0.25) is 9.78 Å². The molecule has 1 amide bonds. The number of alkyl halides is 3. The number of likely N-dealkylation sites (tertiary alicyclic amines) is 1. The first-order chi connectivity index (χ1) is 20.3. The number of benzene rings is 1. The van der Waals surface area contributed by atoms with Crippen LogP contribution in [0.1, 0.15) is 42.6 Å². The van der Waals surface area contributed by atoms with Crippen molar-refractivity contribution in [3.05, 3.63) is 94.1 Å². The number of thiophene rings is 1. The molecule has 1 saturated heterocycles. The van der Waals surface area contributed by atoms with Crippen LogP contribution in [-0.4, -0.2) is 40.8 Å². The van der Waals surface area contributed by atoms with E-state index in [1.807, 2.05) is 19.1 Å². The molecule has 0 radical (unpaired) electrons. The Morgan fingerprint density at radius 3 is 2.51 bits per heavy atom. The van der Waals surface area contributed by atoms with Gasteiger partial charge >= 0.3 is 16.2 Å². The van der Waals surface area contributed by atoms with Gasteiger partial charge in [0.2, 0.25) is 0 Å². The Kier molecular flexibility index (Phi) is 8.54. The number of nitrogens with zero attached hydrogens (tertiary/aromatic N) is 3. The van der Waals surface area contributed by atoms with Gasteiger partial charge < -0.3 is 11.1 Å². The summed E-state index contributed by atoms with van der Waals surface area (Å²) in [5.41, 5.74) is 6.91. The first-order valence-corrected chi connectivity index (χ1v) is 16.0. The van der Waals surface area contributed by atoms with Gasteiger partial charge in [-0.1, -0.05) is 29.8 Å². The third kappa shape index (κ3) is 6.26. The van der Waals surface area contributed by atoms with Crippen LogP contribution in [0.4, 0.5) is 19.0 Å². The van der Waals surface area contributed by atoms with E-state index in [4.69, 9.17) is 17.3 Å². The fourth-order valence-corrected chi connectivity index (χ4v) is 9.34. The Labute approximate surface area is 256 Å². The number of nitrogens with one attached hydrogen (secondary N) is 1. The average molecular weight is 651 g/mol. The molecule has 4 heterocycles. The highest BCUT2D eigenvalue weighted by Crippen LogP contribution is 2.41. The number of hydrogen-bond donors (Lipinski definition) is 2. The van der Waals surface area contributed by atoms with E-state index in [1.54, 1.807) is 24.4 Å². The van der Waals surface area contributed by atoms with Crippen LogP contribution in [0, 0.1) is 0 Å². The number of carbonyl (C=O) groups excluding carboxylic acids is 1. The van der Waals surface area contributed by atoms with Crippen LogP contribution in [0.3, 0.4) is 0 Å². The summed E-state index contributed by atoms with van der Waals surface area (Å²) >= 11 is 6.99. The van der Waals surface area contributed by atoms with Crippen LogP contribution in [0.2, 0.25) is 4.34 Å². The van der Waals surface area contributed by atoms with Crippen molar-refractivity contribution in [1.82, 2.24) is 9.97 Å². The Balaban J connectivity index is 1.62. The van der Waals surface area contributed by atoms with Crippen molar-refractivity contribution in [3.63, 3.8) is 0 Å². The highest BCUT2D eigenvalue weighted by Gasteiger charge is 2.55. The van der Waals surface area contributed by atoms with Crippen molar-refractivity contribution in [2.45, 2.75) is 48.8 Å². The topological polar surface area (TPSA) is 115 Å². The second kappa shape index (κ2) is 11.9. The van der Waals surface area contributed by atoms with E-state index in [0.29, 0.717) is 29.1 Å². The van der Waals surface area contributed by atoms with Gasteiger partial charge in [-0.2, -0.15) is 25.5 Å². The number of rotatable bonds is 9. The van der Waals surface area contributed by atoms with Gasteiger partial charge in [0, 0.05) is 30.2 Å². The van der Waals surface area contributed by atoms with Gasteiger partial charge in [0.05, 0.1) is 33.9 Å². The van der Waals surface area contributed by atoms with Crippen molar-refractivity contribution in [2.24, 2.45) is 5.73 Å². The largest absolute Gasteiger partial charge is 0.416 e. The number of pyridine rings is 2. The number of hydrogen-bond acceptors (Lipinski definition) is 7. The molecule has 0 bridgehead atoms. The van der Waals surface area contributed by atoms with Gasteiger partial charge in [0.1, 0.15) is 12.4 Å². The zero-order valence-corrected chi connectivity index (χ0v) is 25.3. The molecule has 14 heteroatoms. The van der Waals surface area contributed by atoms with E-state index >= 15 is 0 Å². The number of halogens is 4. The number of anilines is 1. The molecule has 0 saturated carbocycles. The van der Waals surface area contributed by atoms with Crippen molar-refractivity contribution in [2.75, 3.05) is 11.9 Å². The van der Waals surface area contributed by atoms with Crippen molar-refractivity contribution in [1.29, 1.82) is 0 Å². The van der Waals surface area contributed by atoms with Crippen LogP contribution in [0.25, 0.3) is 11.3 Å². The predicted molar refractivity (Wildman–Crippen MR) is 159 cm³/mol. The zero-order valence-electron chi connectivity index (χ0n) is 22.9. The summed E-state index contributed by atoms with van der Waals surface area (Å²) in [6, 6.07) is 14.9.